The molecular weight excluding hydrogens is 248 g/mol. The van der Waals surface area contributed by atoms with Crippen LogP contribution in [-0.4, -0.2) is 9.97 Å². The average Bonchev–Trinajstić information content (AvgIpc) is 2.51. The number of nitrogen functional groups attached to an aromatic ring is 1. The molecule has 0 atom stereocenters. The number of nitrogens with one attached hydrogen (secondary N) is 1. The van der Waals surface area contributed by atoms with E-state index in [0.717, 1.165) is 16.8 Å². The zero-order valence-electron chi connectivity index (χ0n) is 10.8. The molecular formula is C16H14N4. The first-order chi connectivity index (χ1) is 9.83. The van der Waals surface area contributed by atoms with E-state index < -0.39 is 0 Å². The lowest BCUT2D eigenvalue weighted by molar-refractivity contribution is 1.21. The Morgan fingerprint density at radius 1 is 0.800 bits per heavy atom. The molecule has 98 valence electrons. The number of hydrogen-bond donors (Lipinski definition) is 2. The van der Waals surface area contributed by atoms with Gasteiger partial charge in [0.1, 0.15) is 11.6 Å². The van der Waals surface area contributed by atoms with Crippen LogP contribution in [0.5, 0.6) is 0 Å². The van der Waals surface area contributed by atoms with Gasteiger partial charge in [-0.15, -0.1) is 0 Å². The number of para-hydroxylation sites is 1. The quantitative estimate of drug-likeness (QED) is 0.758. The Morgan fingerprint density at radius 3 is 2.30 bits per heavy atom. The summed E-state index contributed by atoms with van der Waals surface area (Å²) in [5, 5.41) is 3.27. The Labute approximate surface area is 117 Å². The Hall–Kier alpha value is -2.88. The molecule has 0 fully saturated rings. The van der Waals surface area contributed by atoms with E-state index in [2.05, 4.69) is 33.5 Å². The summed E-state index contributed by atoms with van der Waals surface area (Å²) < 4.78 is 0. The second-order valence-corrected chi connectivity index (χ2v) is 4.36. The third-order valence-electron chi connectivity index (χ3n) is 2.95. The molecule has 3 N–H and O–H groups in total. The first-order valence-corrected chi connectivity index (χ1v) is 6.32. The normalized spacial score (nSPS) is 10.2. The Balaban J connectivity index is 1.96. The standard InChI is InChI=1S/C16H14N4/c17-15-10-19-16(11-18-15)20-14-9-5-4-8-13(14)12-6-2-1-3-7-12/h1-11H,(H2,17,18)(H,19,20). The highest BCUT2D eigenvalue weighted by atomic mass is 15.0. The highest BCUT2D eigenvalue weighted by molar-refractivity contribution is 5.80. The van der Waals surface area contributed by atoms with Crippen LogP contribution in [0.4, 0.5) is 17.3 Å². The van der Waals surface area contributed by atoms with E-state index in [-0.39, 0.29) is 0 Å². The molecule has 1 heterocycles. The molecule has 20 heavy (non-hydrogen) atoms. The van der Waals surface area contributed by atoms with Crippen LogP contribution in [0.3, 0.4) is 0 Å². The fourth-order valence-corrected chi connectivity index (χ4v) is 2.00. The van der Waals surface area contributed by atoms with Crippen LogP contribution in [0.15, 0.2) is 67.0 Å². The van der Waals surface area contributed by atoms with E-state index in [0.29, 0.717) is 11.6 Å². The van der Waals surface area contributed by atoms with Crippen molar-refractivity contribution < 1.29 is 0 Å². The number of nitrogens with two attached hydrogens (primary N) is 1. The van der Waals surface area contributed by atoms with E-state index in [1.807, 2.05) is 36.4 Å². The van der Waals surface area contributed by atoms with Crippen LogP contribution in [0.25, 0.3) is 11.1 Å². The molecule has 0 aliphatic rings. The lowest BCUT2D eigenvalue weighted by atomic mass is 10.0. The van der Waals surface area contributed by atoms with Crippen LogP contribution < -0.4 is 11.1 Å². The zero-order chi connectivity index (χ0) is 13.8. The van der Waals surface area contributed by atoms with Gasteiger partial charge in [-0.1, -0.05) is 48.5 Å². The van der Waals surface area contributed by atoms with Crippen LogP contribution in [-0.2, 0) is 0 Å². The van der Waals surface area contributed by atoms with E-state index in [4.69, 9.17) is 5.73 Å². The van der Waals surface area contributed by atoms with Crippen LogP contribution in [0.1, 0.15) is 0 Å². The van der Waals surface area contributed by atoms with Gasteiger partial charge in [-0.05, 0) is 11.6 Å². The number of hydrogen-bond acceptors (Lipinski definition) is 4. The van der Waals surface area contributed by atoms with E-state index in [9.17, 15) is 0 Å². The summed E-state index contributed by atoms with van der Waals surface area (Å²) >= 11 is 0. The van der Waals surface area contributed by atoms with Crippen molar-refractivity contribution in [2.45, 2.75) is 0 Å². The number of nitrogens with zero attached hydrogens (tertiary/aromatic N) is 2. The van der Waals surface area contributed by atoms with Crippen molar-refractivity contribution in [1.29, 1.82) is 0 Å². The predicted octanol–water partition coefficient (Wildman–Crippen LogP) is 3.47. The highest BCUT2D eigenvalue weighted by Crippen LogP contribution is 2.29. The summed E-state index contributed by atoms with van der Waals surface area (Å²) in [6, 6.07) is 18.3. The molecule has 0 aliphatic carbocycles. The average molecular weight is 262 g/mol. The van der Waals surface area contributed by atoms with Gasteiger partial charge in [-0.3, -0.25) is 0 Å². The first kappa shape index (κ1) is 12.2. The first-order valence-electron chi connectivity index (χ1n) is 6.32. The minimum Gasteiger partial charge on any atom is -0.382 e. The summed E-state index contributed by atoms with van der Waals surface area (Å²) in [7, 11) is 0. The Bertz CT molecular complexity index is 693. The van der Waals surface area contributed by atoms with Crippen molar-refractivity contribution in [3.8, 4) is 11.1 Å². The molecule has 0 radical (unpaired) electrons. The van der Waals surface area contributed by atoms with Gasteiger partial charge in [0.15, 0.2) is 0 Å². The van der Waals surface area contributed by atoms with Gasteiger partial charge >= 0.3 is 0 Å². The van der Waals surface area contributed by atoms with Gasteiger partial charge < -0.3 is 11.1 Å². The summed E-state index contributed by atoms with van der Waals surface area (Å²) in [6.07, 6.45) is 3.16. The largest absolute Gasteiger partial charge is 0.382 e. The van der Waals surface area contributed by atoms with E-state index in [1.165, 1.54) is 6.20 Å². The summed E-state index contributed by atoms with van der Waals surface area (Å²) in [4.78, 5) is 8.24. The molecule has 3 rings (SSSR count). The second kappa shape index (κ2) is 5.40. The summed E-state index contributed by atoms with van der Waals surface area (Å²) in [5.74, 6) is 1.08. The molecule has 4 nitrogen and oxygen atoms in total. The van der Waals surface area contributed by atoms with Gasteiger partial charge in [0.2, 0.25) is 0 Å². The maximum Gasteiger partial charge on any atom is 0.149 e. The maximum absolute atomic E-state index is 5.54. The Kier molecular flexibility index (Phi) is 3.29. The molecule has 0 saturated carbocycles. The molecule has 0 bridgehead atoms. The van der Waals surface area contributed by atoms with Crippen molar-refractivity contribution in [2.24, 2.45) is 0 Å². The lowest BCUT2D eigenvalue weighted by Gasteiger charge is -2.11. The SMILES string of the molecule is Nc1cnc(Nc2ccccc2-c2ccccc2)cn1. The third-order valence-corrected chi connectivity index (χ3v) is 2.95. The molecule has 0 aliphatic heterocycles. The van der Waals surface area contributed by atoms with E-state index in [1.54, 1.807) is 6.20 Å². The smallest absolute Gasteiger partial charge is 0.149 e. The van der Waals surface area contributed by atoms with Gasteiger partial charge in [-0.25, -0.2) is 9.97 Å². The maximum atomic E-state index is 5.54. The van der Waals surface area contributed by atoms with Crippen molar-refractivity contribution in [2.75, 3.05) is 11.1 Å². The zero-order valence-corrected chi connectivity index (χ0v) is 10.8. The molecule has 0 saturated heterocycles. The number of anilines is 3. The van der Waals surface area contributed by atoms with Crippen LogP contribution in [0, 0.1) is 0 Å². The molecule has 1 aromatic heterocycles. The molecule has 2 aromatic carbocycles. The molecule has 3 aromatic rings. The van der Waals surface area contributed by atoms with Crippen molar-refractivity contribution in [3.05, 3.63) is 67.0 Å². The van der Waals surface area contributed by atoms with Gasteiger partial charge in [-0.2, -0.15) is 0 Å². The Morgan fingerprint density at radius 2 is 1.55 bits per heavy atom. The minimum absolute atomic E-state index is 0.409. The van der Waals surface area contributed by atoms with E-state index >= 15 is 0 Å². The van der Waals surface area contributed by atoms with Crippen LogP contribution >= 0.6 is 0 Å². The fraction of sp³-hybridized carbons (Fsp3) is 0. The van der Waals surface area contributed by atoms with Crippen molar-refractivity contribution in [3.63, 3.8) is 0 Å². The highest BCUT2D eigenvalue weighted by Gasteiger charge is 2.05. The monoisotopic (exact) mass is 262 g/mol. The third kappa shape index (κ3) is 2.59. The summed E-state index contributed by atoms with van der Waals surface area (Å²) in [5.41, 5.74) is 8.79. The molecule has 4 heteroatoms. The number of benzene rings is 2. The number of rotatable bonds is 3. The van der Waals surface area contributed by atoms with Crippen LogP contribution in [0.2, 0.25) is 0 Å². The predicted molar refractivity (Wildman–Crippen MR) is 81.6 cm³/mol. The van der Waals surface area contributed by atoms with Crippen molar-refractivity contribution >= 4 is 17.3 Å². The molecule has 0 unspecified atom stereocenters. The minimum atomic E-state index is 0.409. The molecule has 0 amide bonds. The molecule has 0 spiro atoms. The van der Waals surface area contributed by atoms with Crippen molar-refractivity contribution in [1.82, 2.24) is 9.97 Å². The lowest BCUT2D eigenvalue weighted by Crippen LogP contribution is -1.98. The van der Waals surface area contributed by atoms with Gasteiger partial charge in [0, 0.05) is 11.3 Å². The number of aromatic nitrogens is 2. The summed E-state index contributed by atoms with van der Waals surface area (Å²) in [6.45, 7) is 0. The van der Waals surface area contributed by atoms with Gasteiger partial charge in [0.05, 0.1) is 12.4 Å². The topological polar surface area (TPSA) is 63.8 Å². The fourth-order valence-electron chi connectivity index (χ4n) is 2.00. The second-order valence-electron chi connectivity index (χ2n) is 4.36. The van der Waals surface area contributed by atoms with Gasteiger partial charge in [0.25, 0.3) is 0 Å².